The van der Waals surface area contributed by atoms with E-state index in [0.29, 0.717) is 0 Å². The Bertz CT molecular complexity index is 1130. The van der Waals surface area contributed by atoms with E-state index in [-0.39, 0.29) is 0 Å². The van der Waals surface area contributed by atoms with Gasteiger partial charge in [-0.1, -0.05) is 72.3 Å². The Morgan fingerprint density at radius 1 is 0.808 bits per heavy atom. The first kappa shape index (κ1) is 15.2. The fourth-order valence-electron chi connectivity index (χ4n) is 3.36. The summed E-state index contributed by atoms with van der Waals surface area (Å²) < 4.78 is 6.10. The smallest absolute Gasteiger partial charge is 0.196 e. The maximum absolute atomic E-state index is 6.36. The van der Waals surface area contributed by atoms with E-state index in [0.717, 1.165) is 44.8 Å². The van der Waals surface area contributed by atoms with Crippen LogP contribution in [0.15, 0.2) is 88.3 Å². The third-order valence-electron chi connectivity index (χ3n) is 4.56. The number of aliphatic imine (C=N–C) groups is 1. The van der Waals surface area contributed by atoms with E-state index in [9.17, 15) is 0 Å². The van der Waals surface area contributed by atoms with Gasteiger partial charge in [-0.2, -0.15) is 0 Å². The molecular weight excluding hydrogens is 344 g/mol. The lowest BCUT2D eigenvalue weighted by Gasteiger charge is -2.18. The molecule has 3 nitrogen and oxygen atoms in total. The van der Waals surface area contributed by atoms with Gasteiger partial charge in [0, 0.05) is 10.9 Å². The number of furan rings is 1. The molecule has 26 heavy (non-hydrogen) atoms. The van der Waals surface area contributed by atoms with Crippen molar-refractivity contribution in [2.75, 3.05) is 5.32 Å². The summed E-state index contributed by atoms with van der Waals surface area (Å²) in [6, 6.07) is 26.5. The number of hydrogen-bond acceptors (Lipinski definition) is 3. The lowest BCUT2D eigenvalue weighted by Crippen LogP contribution is -2.21. The molecule has 0 saturated carbocycles. The number of nitrogens with zero attached hydrogens (tertiary/aromatic N) is 1. The molecule has 0 saturated heterocycles. The maximum Gasteiger partial charge on any atom is 0.196 e. The van der Waals surface area contributed by atoms with Gasteiger partial charge in [0.1, 0.15) is 11.3 Å². The van der Waals surface area contributed by atoms with Gasteiger partial charge in [-0.3, -0.25) is 0 Å². The normalized spacial score (nSPS) is 16.0. The topological polar surface area (TPSA) is 37.5 Å². The van der Waals surface area contributed by atoms with Crippen molar-refractivity contribution in [1.82, 2.24) is 0 Å². The number of fused-ring (bicyclic) bond motifs is 3. The summed E-state index contributed by atoms with van der Waals surface area (Å²) in [5.41, 5.74) is 5.24. The van der Waals surface area contributed by atoms with E-state index in [1.807, 2.05) is 54.6 Å². The largest absolute Gasteiger partial charge is 0.452 e. The number of rotatable bonds is 2. The van der Waals surface area contributed by atoms with E-state index in [1.165, 1.54) is 0 Å². The molecule has 5 rings (SSSR count). The van der Waals surface area contributed by atoms with Crippen molar-refractivity contribution < 1.29 is 4.42 Å². The Hall–Kier alpha value is -3.04. The molecule has 126 valence electrons. The summed E-state index contributed by atoms with van der Waals surface area (Å²) >= 11 is 6.36. The number of alkyl halides is 1. The van der Waals surface area contributed by atoms with E-state index in [4.69, 9.17) is 16.0 Å². The third kappa shape index (κ3) is 2.49. The van der Waals surface area contributed by atoms with Crippen LogP contribution in [0.2, 0.25) is 0 Å². The lowest BCUT2D eigenvalue weighted by molar-refractivity contribution is 0.603. The minimum Gasteiger partial charge on any atom is -0.452 e. The molecule has 0 fully saturated rings. The molecule has 4 heteroatoms. The minimum atomic E-state index is -0.529. The number of para-hydroxylation sites is 1. The minimum absolute atomic E-state index is 0.529. The van der Waals surface area contributed by atoms with Gasteiger partial charge in [0.05, 0.1) is 5.69 Å². The average Bonchev–Trinajstić information content (AvgIpc) is 3.07. The maximum atomic E-state index is 6.36. The predicted octanol–water partition coefficient (Wildman–Crippen LogP) is 5.89. The van der Waals surface area contributed by atoms with Gasteiger partial charge in [0.25, 0.3) is 0 Å². The van der Waals surface area contributed by atoms with E-state index in [2.05, 4.69) is 34.6 Å². The van der Waals surface area contributed by atoms with Crippen molar-refractivity contribution in [1.29, 1.82) is 0 Å². The van der Waals surface area contributed by atoms with Crippen LogP contribution in [0, 0.1) is 0 Å². The standard InChI is InChI=1S/C22H15ClN2O/c23-22-24-19(21-20(25-22)17-11-4-5-12-18(17)26-21)16-10-6-9-15(13-16)14-7-2-1-3-8-14/h1-13,22,25H. The van der Waals surface area contributed by atoms with Crippen LogP contribution >= 0.6 is 11.6 Å². The highest BCUT2D eigenvalue weighted by Gasteiger charge is 2.26. The molecule has 0 aliphatic carbocycles. The molecule has 1 unspecified atom stereocenters. The first-order valence-electron chi connectivity index (χ1n) is 8.46. The van der Waals surface area contributed by atoms with E-state index < -0.39 is 5.62 Å². The molecular formula is C22H15ClN2O. The van der Waals surface area contributed by atoms with Crippen LogP contribution in [0.1, 0.15) is 11.3 Å². The quantitative estimate of drug-likeness (QED) is 0.358. The zero-order valence-corrected chi connectivity index (χ0v) is 14.6. The third-order valence-corrected chi connectivity index (χ3v) is 4.77. The zero-order valence-electron chi connectivity index (χ0n) is 13.8. The Labute approximate surface area is 155 Å². The van der Waals surface area contributed by atoms with Crippen molar-refractivity contribution in [2.24, 2.45) is 4.99 Å². The molecule has 0 spiro atoms. The van der Waals surface area contributed by atoms with Crippen LogP contribution in [-0.2, 0) is 0 Å². The van der Waals surface area contributed by atoms with Gasteiger partial charge in [-0.05, 0) is 29.3 Å². The van der Waals surface area contributed by atoms with Crippen LogP contribution in [0.3, 0.4) is 0 Å². The second kappa shape index (κ2) is 6.04. The van der Waals surface area contributed by atoms with Crippen LogP contribution in [-0.4, -0.2) is 11.3 Å². The summed E-state index contributed by atoms with van der Waals surface area (Å²) in [6.45, 7) is 0. The van der Waals surface area contributed by atoms with Crippen LogP contribution in [0.25, 0.3) is 22.1 Å². The second-order valence-electron chi connectivity index (χ2n) is 6.21. The summed E-state index contributed by atoms with van der Waals surface area (Å²) in [5, 5.41) is 4.23. The Morgan fingerprint density at radius 2 is 1.54 bits per heavy atom. The van der Waals surface area contributed by atoms with Crippen molar-refractivity contribution in [3.05, 3.63) is 90.2 Å². The predicted molar refractivity (Wildman–Crippen MR) is 107 cm³/mol. The molecule has 1 N–H and O–H groups in total. The van der Waals surface area contributed by atoms with Crippen molar-refractivity contribution >= 4 is 34.0 Å². The summed E-state index contributed by atoms with van der Waals surface area (Å²) in [5.74, 6) is 0.730. The molecule has 1 aliphatic heterocycles. The average molecular weight is 359 g/mol. The second-order valence-corrected chi connectivity index (χ2v) is 6.62. The summed E-state index contributed by atoms with van der Waals surface area (Å²) in [7, 11) is 0. The van der Waals surface area contributed by atoms with Crippen molar-refractivity contribution in [2.45, 2.75) is 5.62 Å². The summed E-state index contributed by atoms with van der Waals surface area (Å²) in [6.07, 6.45) is 0. The van der Waals surface area contributed by atoms with Gasteiger partial charge in [-0.25, -0.2) is 4.99 Å². The van der Waals surface area contributed by atoms with Gasteiger partial charge < -0.3 is 9.73 Å². The van der Waals surface area contributed by atoms with Crippen LogP contribution in [0.5, 0.6) is 0 Å². The Balaban J connectivity index is 1.67. The van der Waals surface area contributed by atoms with Gasteiger partial charge in [0.15, 0.2) is 11.4 Å². The van der Waals surface area contributed by atoms with Gasteiger partial charge in [-0.15, -0.1) is 0 Å². The molecule has 3 aromatic carbocycles. The monoisotopic (exact) mass is 358 g/mol. The molecule has 2 heterocycles. The summed E-state index contributed by atoms with van der Waals surface area (Å²) in [4.78, 5) is 4.60. The van der Waals surface area contributed by atoms with Crippen molar-refractivity contribution in [3.63, 3.8) is 0 Å². The fourth-order valence-corrected chi connectivity index (χ4v) is 3.57. The molecule has 0 amide bonds. The molecule has 1 aliphatic rings. The van der Waals surface area contributed by atoms with Gasteiger partial charge in [0.2, 0.25) is 0 Å². The van der Waals surface area contributed by atoms with Crippen LogP contribution < -0.4 is 5.32 Å². The number of hydrogen-bond donors (Lipinski definition) is 1. The first-order chi connectivity index (χ1) is 12.8. The van der Waals surface area contributed by atoms with Crippen molar-refractivity contribution in [3.8, 4) is 11.1 Å². The number of halogens is 1. The molecule has 1 aromatic heterocycles. The highest BCUT2D eigenvalue weighted by Crippen LogP contribution is 2.36. The molecule has 1 atom stereocenters. The SMILES string of the molecule is ClC1N=C(c2cccc(-c3ccccc3)c2)c2oc3ccccc3c2N1. The lowest BCUT2D eigenvalue weighted by atomic mass is 9.99. The Morgan fingerprint density at radius 3 is 2.42 bits per heavy atom. The van der Waals surface area contributed by atoms with Crippen LogP contribution in [0.4, 0.5) is 5.69 Å². The number of anilines is 1. The van der Waals surface area contributed by atoms with E-state index >= 15 is 0 Å². The fraction of sp³-hybridized carbons (Fsp3) is 0.0455. The molecule has 4 aromatic rings. The number of benzene rings is 3. The first-order valence-corrected chi connectivity index (χ1v) is 8.89. The molecule has 0 bridgehead atoms. The highest BCUT2D eigenvalue weighted by atomic mass is 35.5. The zero-order chi connectivity index (χ0) is 17.5. The Kier molecular flexibility index (Phi) is 3.54. The highest BCUT2D eigenvalue weighted by molar-refractivity contribution is 6.27. The van der Waals surface area contributed by atoms with E-state index in [1.54, 1.807) is 0 Å². The molecule has 0 radical (unpaired) electrons. The van der Waals surface area contributed by atoms with Gasteiger partial charge >= 0.3 is 0 Å². The number of nitrogens with one attached hydrogen (secondary N) is 1.